The summed E-state index contributed by atoms with van der Waals surface area (Å²) in [6.07, 6.45) is 2.31. The first kappa shape index (κ1) is 13.7. The number of thiocarbonyl (C=S) groups is 1. The van der Waals surface area contributed by atoms with E-state index in [4.69, 9.17) is 12.2 Å². The summed E-state index contributed by atoms with van der Waals surface area (Å²) < 4.78 is 14.6. The van der Waals surface area contributed by atoms with Crippen LogP contribution < -0.4 is 5.32 Å². The number of thiazole rings is 1. The molecule has 18 heavy (non-hydrogen) atoms. The first-order valence-corrected chi connectivity index (χ1v) is 7.90. The summed E-state index contributed by atoms with van der Waals surface area (Å²) in [6.45, 7) is 2.15. The predicted molar refractivity (Wildman–Crippen MR) is 83.2 cm³/mol. The number of rotatable bonds is 4. The molecule has 96 valence electrons. The van der Waals surface area contributed by atoms with Gasteiger partial charge < -0.3 is 5.32 Å². The zero-order valence-electron chi connectivity index (χ0n) is 9.90. The third kappa shape index (κ3) is 3.63. The molecule has 1 aromatic heterocycles. The Labute approximate surface area is 119 Å². The molecule has 0 radical (unpaired) electrons. The molecule has 0 saturated heterocycles. The maximum absolute atomic E-state index is 13.0. The lowest BCUT2D eigenvalue weighted by molar-refractivity contribution is 0.630. The topological polar surface area (TPSA) is 24.9 Å². The standard InChI is InChI=1S/C12H13FN2S3/c1-2-3-6-17-12(16)15-11-14-9-5-4-8(13)7-10(9)18-11/h4-5,7H,2-3,6H2,1H3,(H,14,15,16). The Kier molecular flexibility index (Phi) is 4.91. The quantitative estimate of drug-likeness (QED) is 0.655. The lowest BCUT2D eigenvalue weighted by Gasteiger charge is -2.02. The van der Waals surface area contributed by atoms with Gasteiger partial charge >= 0.3 is 0 Å². The van der Waals surface area contributed by atoms with Crippen LogP contribution in [0, 0.1) is 5.82 Å². The minimum Gasteiger partial charge on any atom is -0.317 e. The molecule has 0 saturated carbocycles. The zero-order chi connectivity index (χ0) is 13.0. The molecule has 1 heterocycles. The van der Waals surface area contributed by atoms with Crippen molar-refractivity contribution in [2.45, 2.75) is 19.8 Å². The van der Waals surface area contributed by atoms with E-state index in [-0.39, 0.29) is 5.82 Å². The highest BCUT2D eigenvalue weighted by molar-refractivity contribution is 8.23. The second-order valence-corrected chi connectivity index (χ2v) is 6.55. The molecule has 2 aromatic rings. The molecule has 2 rings (SSSR count). The first-order chi connectivity index (χ1) is 8.69. The van der Waals surface area contributed by atoms with Crippen molar-refractivity contribution >= 4 is 55.0 Å². The lowest BCUT2D eigenvalue weighted by atomic mass is 10.3. The van der Waals surface area contributed by atoms with Crippen LogP contribution in [0.3, 0.4) is 0 Å². The molecule has 0 atom stereocenters. The van der Waals surface area contributed by atoms with Crippen molar-refractivity contribution in [3.05, 3.63) is 24.0 Å². The Bertz CT molecular complexity index is 553. The number of benzene rings is 1. The van der Waals surface area contributed by atoms with Crippen molar-refractivity contribution in [1.29, 1.82) is 0 Å². The number of hydrogen-bond acceptors (Lipinski definition) is 4. The summed E-state index contributed by atoms with van der Waals surface area (Å²) in [5, 5.41) is 3.82. The summed E-state index contributed by atoms with van der Waals surface area (Å²) >= 11 is 8.26. The second kappa shape index (κ2) is 6.45. The van der Waals surface area contributed by atoms with Crippen LogP contribution in [0.2, 0.25) is 0 Å². The van der Waals surface area contributed by atoms with Crippen molar-refractivity contribution in [3.8, 4) is 0 Å². The van der Waals surface area contributed by atoms with E-state index in [1.54, 1.807) is 17.8 Å². The van der Waals surface area contributed by atoms with Crippen molar-refractivity contribution < 1.29 is 4.39 Å². The highest BCUT2D eigenvalue weighted by Crippen LogP contribution is 2.27. The van der Waals surface area contributed by atoms with Crippen LogP contribution in [-0.4, -0.2) is 15.1 Å². The Morgan fingerprint density at radius 2 is 2.39 bits per heavy atom. The molecule has 0 bridgehead atoms. The van der Waals surface area contributed by atoms with Gasteiger partial charge in [0.15, 0.2) is 5.13 Å². The number of thioether (sulfide) groups is 1. The van der Waals surface area contributed by atoms with Crippen LogP contribution in [0.5, 0.6) is 0 Å². The predicted octanol–water partition coefficient (Wildman–Crippen LogP) is 4.67. The van der Waals surface area contributed by atoms with Crippen LogP contribution in [0.25, 0.3) is 10.2 Å². The summed E-state index contributed by atoms with van der Waals surface area (Å²) in [5.74, 6) is 0.777. The van der Waals surface area contributed by atoms with Crippen LogP contribution >= 0.6 is 35.3 Å². The molecule has 1 aromatic carbocycles. The van der Waals surface area contributed by atoms with Gasteiger partial charge in [0.25, 0.3) is 0 Å². The number of nitrogens with zero attached hydrogens (tertiary/aromatic N) is 1. The monoisotopic (exact) mass is 300 g/mol. The van der Waals surface area contributed by atoms with Gasteiger partial charge in [-0.05, 0) is 24.6 Å². The molecule has 0 amide bonds. The molecule has 0 aliphatic heterocycles. The molecule has 0 aliphatic rings. The fourth-order valence-electron chi connectivity index (χ4n) is 1.38. The Morgan fingerprint density at radius 1 is 1.56 bits per heavy atom. The fourth-order valence-corrected chi connectivity index (χ4v) is 3.54. The third-order valence-electron chi connectivity index (χ3n) is 2.29. The number of unbranched alkanes of at least 4 members (excludes halogenated alkanes) is 1. The van der Waals surface area contributed by atoms with Crippen molar-refractivity contribution in [1.82, 2.24) is 4.98 Å². The van der Waals surface area contributed by atoms with E-state index >= 15 is 0 Å². The van der Waals surface area contributed by atoms with E-state index in [0.717, 1.165) is 38.3 Å². The average Bonchev–Trinajstić information content (AvgIpc) is 2.70. The van der Waals surface area contributed by atoms with Gasteiger partial charge in [-0.15, -0.1) is 0 Å². The van der Waals surface area contributed by atoms with Gasteiger partial charge in [0, 0.05) is 5.75 Å². The second-order valence-electron chi connectivity index (χ2n) is 3.75. The molecule has 0 fully saturated rings. The SMILES string of the molecule is CCCCSC(=S)Nc1nc2ccc(F)cc2s1. The number of nitrogens with one attached hydrogen (secondary N) is 1. The molecular formula is C12H13FN2S3. The summed E-state index contributed by atoms with van der Waals surface area (Å²) in [5.41, 5.74) is 0.797. The van der Waals surface area contributed by atoms with E-state index in [2.05, 4.69) is 17.2 Å². The number of halogens is 1. The van der Waals surface area contributed by atoms with E-state index in [1.807, 2.05) is 0 Å². The van der Waals surface area contributed by atoms with Crippen LogP contribution in [0.1, 0.15) is 19.8 Å². The van der Waals surface area contributed by atoms with Gasteiger partial charge in [-0.25, -0.2) is 9.37 Å². The molecule has 0 spiro atoms. The normalized spacial score (nSPS) is 10.8. The van der Waals surface area contributed by atoms with Crippen molar-refractivity contribution in [3.63, 3.8) is 0 Å². The van der Waals surface area contributed by atoms with Gasteiger partial charge in [0.2, 0.25) is 0 Å². The average molecular weight is 300 g/mol. The first-order valence-electron chi connectivity index (χ1n) is 5.69. The summed E-state index contributed by atoms with van der Waals surface area (Å²) in [6, 6.07) is 4.59. The Hall–Kier alpha value is -0.720. The van der Waals surface area contributed by atoms with Crippen LogP contribution in [0.4, 0.5) is 9.52 Å². The number of anilines is 1. The van der Waals surface area contributed by atoms with Crippen LogP contribution in [0.15, 0.2) is 18.2 Å². The Morgan fingerprint density at radius 3 is 3.17 bits per heavy atom. The Balaban J connectivity index is 2.01. The van der Waals surface area contributed by atoms with Gasteiger partial charge in [0.05, 0.1) is 10.2 Å². The molecular weight excluding hydrogens is 287 g/mol. The van der Waals surface area contributed by atoms with E-state index < -0.39 is 0 Å². The third-order valence-corrected chi connectivity index (χ3v) is 4.54. The van der Waals surface area contributed by atoms with Crippen molar-refractivity contribution in [2.75, 3.05) is 11.1 Å². The van der Waals surface area contributed by atoms with E-state index in [1.165, 1.54) is 23.5 Å². The van der Waals surface area contributed by atoms with Gasteiger partial charge in [-0.2, -0.15) is 0 Å². The number of aromatic nitrogens is 1. The molecule has 6 heteroatoms. The van der Waals surface area contributed by atoms with Gasteiger partial charge in [0.1, 0.15) is 10.1 Å². The molecule has 0 unspecified atom stereocenters. The van der Waals surface area contributed by atoms with Crippen LogP contribution in [-0.2, 0) is 0 Å². The van der Waals surface area contributed by atoms with E-state index in [9.17, 15) is 4.39 Å². The minimum absolute atomic E-state index is 0.238. The van der Waals surface area contributed by atoms with Gasteiger partial charge in [-0.3, -0.25) is 0 Å². The zero-order valence-corrected chi connectivity index (χ0v) is 12.4. The number of fused-ring (bicyclic) bond motifs is 1. The molecule has 2 nitrogen and oxygen atoms in total. The van der Waals surface area contributed by atoms with Crippen molar-refractivity contribution in [2.24, 2.45) is 0 Å². The maximum Gasteiger partial charge on any atom is 0.189 e. The highest BCUT2D eigenvalue weighted by Gasteiger charge is 2.06. The lowest BCUT2D eigenvalue weighted by Crippen LogP contribution is -2.04. The largest absolute Gasteiger partial charge is 0.317 e. The summed E-state index contributed by atoms with van der Waals surface area (Å²) in [7, 11) is 0. The van der Waals surface area contributed by atoms with E-state index in [0.29, 0.717) is 0 Å². The highest BCUT2D eigenvalue weighted by atomic mass is 32.2. The minimum atomic E-state index is -0.238. The molecule has 0 aliphatic carbocycles. The fraction of sp³-hybridized carbons (Fsp3) is 0.333. The van der Waals surface area contributed by atoms with Gasteiger partial charge in [-0.1, -0.05) is 48.7 Å². The molecule has 1 N–H and O–H groups in total. The number of hydrogen-bond donors (Lipinski definition) is 1. The maximum atomic E-state index is 13.0. The summed E-state index contributed by atoms with van der Waals surface area (Å²) in [4.78, 5) is 4.36. The smallest absolute Gasteiger partial charge is 0.189 e.